The van der Waals surface area contributed by atoms with E-state index in [0.29, 0.717) is 18.0 Å². The van der Waals surface area contributed by atoms with Gasteiger partial charge < -0.3 is 5.32 Å². The number of carbonyl (C=O) groups is 1. The molecule has 0 fully saturated rings. The third-order valence-corrected chi connectivity index (χ3v) is 4.25. The summed E-state index contributed by atoms with van der Waals surface area (Å²) in [6.07, 6.45) is 0. The molecule has 0 aliphatic rings. The molecule has 0 atom stereocenters. The molecule has 0 aliphatic carbocycles. The summed E-state index contributed by atoms with van der Waals surface area (Å²) in [5, 5.41) is 3.86. The van der Waals surface area contributed by atoms with Gasteiger partial charge in [0.15, 0.2) is 0 Å². The third-order valence-electron chi connectivity index (χ3n) is 3.76. The lowest BCUT2D eigenvalue weighted by Crippen LogP contribution is -2.27. The Bertz CT molecular complexity index is 875. The lowest BCUT2D eigenvalue weighted by Gasteiger charge is -2.12. The van der Waals surface area contributed by atoms with Gasteiger partial charge in [0.2, 0.25) is 0 Å². The normalized spacial score (nSPS) is 11.0. The van der Waals surface area contributed by atoms with Crippen molar-refractivity contribution >= 4 is 32.7 Å². The maximum Gasteiger partial charge on any atom is 0.252 e. The van der Waals surface area contributed by atoms with Gasteiger partial charge in [-0.25, -0.2) is 4.98 Å². The van der Waals surface area contributed by atoms with Crippen molar-refractivity contribution in [2.45, 2.75) is 13.8 Å². The van der Waals surface area contributed by atoms with Gasteiger partial charge in [0.1, 0.15) is 0 Å². The van der Waals surface area contributed by atoms with Crippen molar-refractivity contribution in [3.05, 3.63) is 64.6 Å². The molecule has 0 radical (unpaired) electrons. The summed E-state index contributed by atoms with van der Waals surface area (Å²) >= 11 is 3.48. The molecule has 3 rings (SSSR count). The fourth-order valence-electron chi connectivity index (χ4n) is 2.53. The van der Waals surface area contributed by atoms with Crippen LogP contribution >= 0.6 is 15.9 Å². The quantitative estimate of drug-likeness (QED) is 0.685. The Morgan fingerprint density at radius 1 is 1.12 bits per heavy atom. The largest absolute Gasteiger partial charge is 0.352 e. The summed E-state index contributed by atoms with van der Waals surface area (Å²) in [5.74, 6) is 0.341. The number of rotatable bonds is 4. The second-order valence-electron chi connectivity index (χ2n) is 6.19. The molecule has 122 valence electrons. The number of hydrogen-bond acceptors (Lipinski definition) is 2. The highest BCUT2D eigenvalue weighted by Crippen LogP contribution is 2.27. The van der Waals surface area contributed by atoms with Gasteiger partial charge in [0.05, 0.1) is 16.8 Å². The number of amides is 1. The number of aromatic nitrogens is 1. The van der Waals surface area contributed by atoms with Crippen molar-refractivity contribution < 1.29 is 4.79 Å². The molecule has 0 saturated heterocycles. The van der Waals surface area contributed by atoms with Crippen LogP contribution in [0.1, 0.15) is 24.2 Å². The van der Waals surface area contributed by atoms with Crippen LogP contribution in [0.5, 0.6) is 0 Å². The van der Waals surface area contributed by atoms with Gasteiger partial charge in [0, 0.05) is 22.0 Å². The second-order valence-corrected chi connectivity index (χ2v) is 7.10. The molecule has 0 saturated carbocycles. The Morgan fingerprint density at radius 3 is 2.58 bits per heavy atom. The maximum absolute atomic E-state index is 12.7. The molecule has 3 aromatic rings. The molecule has 1 heterocycles. The van der Waals surface area contributed by atoms with Crippen LogP contribution < -0.4 is 5.32 Å². The molecule has 0 spiro atoms. The Kier molecular flexibility index (Phi) is 4.95. The predicted molar refractivity (Wildman–Crippen MR) is 102 cm³/mol. The number of nitrogens with zero attached hydrogens (tertiary/aromatic N) is 1. The molecule has 0 aliphatic heterocycles. The van der Waals surface area contributed by atoms with Gasteiger partial charge in [-0.05, 0) is 30.2 Å². The van der Waals surface area contributed by atoms with E-state index in [0.717, 1.165) is 26.6 Å². The monoisotopic (exact) mass is 382 g/mol. The lowest BCUT2D eigenvalue weighted by atomic mass is 10.0. The molecule has 4 heteroatoms. The zero-order valence-electron chi connectivity index (χ0n) is 13.7. The SMILES string of the molecule is CC(C)CNC(=O)c1cc(-c2ccccc2)nc2ccc(Br)cc12. The number of carbonyl (C=O) groups excluding carboxylic acids is 1. The Balaban J connectivity index is 2.13. The van der Waals surface area contributed by atoms with Crippen LogP contribution in [0, 0.1) is 5.92 Å². The van der Waals surface area contributed by atoms with Crippen molar-refractivity contribution in [1.29, 1.82) is 0 Å². The molecular formula is C20H19BrN2O. The average molecular weight is 383 g/mol. The summed E-state index contributed by atoms with van der Waals surface area (Å²) in [7, 11) is 0. The highest BCUT2D eigenvalue weighted by molar-refractivity contribution is 9.10. The van der Waals surface area contributed by atoms with Crippen LogP contribution in [0.2, 0.25) is 0 Å². The molecule has 1 amide bonds. The fraction of sp³-hybridized carbons (Fsp3) is 0.200. The topological polar surface area (TPSA) is 42.0 Å². The number of halogens is 1. The van der Waals surface area contributed by atoms with E-state index in [2.05, 4.69) is 35.1 Å². The van der Waals surface area contributed by atoms with Crippen molar-refractivity contribution in [2.24, 2.45) is 5.92 Å². The highest BCUT2D eigenvalue weighted by atomic mass is 79.9. The molecule has 1 N–H and O–H groups in total. The van der Waals surface area contributed by atoms with E-state index in [1.807, 2.05) is 54.6 Å². The van der Waals surface area contributed by atoms with Crippen LogP contribution in [0.25, 0.3) is 22.2 Å². The Labute approximate surface area is 150 Å². The van der Waals surface area contributed by atoms with Crippen LogP contribution in [-0.4, -0.2) is 17.4 Å². The molecule has 2 aromatic carbocycles. The van der Waals surface area contributed by atoms with E-state index in [-0.39, 0.29) is 5.91 Å². The van der Waals surface area contributed by atoms with E-state index in [9.17, 15) is 4.79 Å². The van der Waals surface area contributed by atoms with Crippen LogP contribution in [0.15, 0.2) is 59.1 Å². The number of pyridine rings is 1. The highest BCUT2D eigenvalue weighted by Gasteiger charge is 2.14. The van der Waals surface area contributed by atoms with E-state index >= 15 is 0 Å². The van der Waals surface area contributed by atoms with Crippen molar-refractivity contribution in [3.63, 3.8) is 0 Å². The minimum absolute atomic E-state index is 0.0635. The molecule has 24 heavy (non-hydrogen) atoms. The van der Waals surface area contributed by atoms with Crippen LogP contribution in [-0.2, 0) is 0 Å². The molecule has 3 nitrogen and oxygen atoms in total. The first-order chi connectivity index (χ1) is 11.5. The van der Waals surface area contributed by atoms with Crippen LogP contribution in [0.3, 0.4) is 0 Å². The first kappa shape index (κ1) is 16.7. The van der Waals surface area contributed by atoms with Gasteiger partial charge in [-0.1, -0.05) is 60.1 Å². The minimum atomic E-state index is -0.0635. The third kappa shape index (κ3) is 3.65. The minimum Gasteiger partial charge on any atom is -0.352 e. The molecular weight excluding hydrogens is 364 g/mol. The summed E-state index contributed by atoms with van der Waals surface area (Å²) in [4.78, 5) is 17.4. The van der Waals surface area contributed by atoms with Gasteiger partial charge >= 0.3 is 0 Å². The number of fused-ring (bicyclic) bond motifs is 1. The molecule has 1 aromatic heterocycles. The smallest absolute Gasteiger partial charge is 0.252 e. The fourth-order valence-corrected chi connectivity index (χ4v) is 2.90. The van der Waals surface area contributed by atoms with Crippen molar-refractivity contribution in [3.8, 4) is 11.3 Å². The molecule has 0 bridgehead atoms. The zero-order valence-corrected chi connectivity index (χ0v) is 15.3. The van der Waals surface area contributed by atoms with Gasteiger partial charge in [-0.2, -0.15) is 0 Å². The zero-order chi connectivity index (χ0) is 17.1. The van der Waals surface area contributed by atoms with E-state index in [1.54, 1.807) is 0 Å². The van der Waals surface area contributed by atoms with Gasteiger partial charge in [-0.15, -0.1) is 0 Å². The summed E-state index contributed by atoms with van der Waals surface area (Å²) in [5.41, 5.74) is 3.27. The van der Waals surface area contributed by atoms with Gasteiger partial charge in [0.25, 0.3) is 5.91 Å². The van der Waals surface area contributed by atoms with E-state index in [1.165, 1.54) is 0 Å². The standard InChI is InChI=1S/C20H19BrN2O/c1-13(2)12-22-20(24)17-11-19(14-6-4-3-5-7-14)23-18-9-8-15(21)10-16(17)18/h3-11,13H,12H2,1-2H3,(H,22,24). The number of benzene rings is 2. The van der Waals surface area contributed by atoms with Crippen molar-refractivity contribution in [1.82, 2.24) is 10.3 Å². The Morgan fingerprint density at radius 2 is 1.88 bits per heavy atom. The number of nitrogens with one attached hydrogen (secondary N) is 1. The first-order valence-corrected chi connectivity index (χ1v) is 8.78. The van der Waals surface area contributed by atoms with Gasteiger partial charge in [-0.3, -0.25) is 4.79 Å². The maximum atomic E-state index is 12.7. The summed E-state index contributed by atoms with van der Waals surface area (Å²) < 4.78 is 0.933. The Hall–Kier alpha value is -2.20. The first-order valence-electron chi connectivity index (χ1n) is 7.98. The predicted octanol–water partition coefficient (Wildman–Crippen LogP) is 5.05. The lowest BCUT2D eigenvalue weighted by molar-refractivity contribution is 0.0950. The van der Waals surface area contributed by atoms with E-state index < -0.39 is 0 Å². The van der Waals surface area contributed by atoms with E-state index in [4.69, 9.17) is 4.98 Å². The second kappa shape index (κ2) is 7.14. The summed E-state index contributed by atoms with van der Waals surface area (Å²) in [6, 6.07) is 17.6. The van der Waals surface area contributed by atoms with Crippen LogP contribution in [0.4, 0.5) is 0 Å². The number of hydrogen-bond donors (Lipinski definition) is 1. The molecule has 0 unspecified atom stereocenters. The average Bonchev–Trinajstić information content (AvgIpc) is 2.59. The summed E-state index contributed by atoms with van der Waals surface area (Å²) in [6.45, 7) is 4.81. The van der Waals surface area contributed by atoms with Crippen molar-refractivity contribution in [2.75, 3.05) is 6.54 Å².